The average Bonchev–Trinajstić information content (AvgIpc) is 2.95. The third-order valence-electron chi connectivity index (χ3n) is 5.36. The van der Waals surface area contributed by atoms with E-state index in [9.17, 15) is 9.59 Å². The molecule has 0 atom stereocenters. The fraction of sp³-hybridized carbons (Fsp3) is 0.429. The highest BCUT2D eigenvalue weighted by Crippen LogP contribution is 2.23. The summed E-state index contributed by atoms with van der Waals surface area (Å²) in [5, 5.41) is 2.82. The molecule has 30 heavy (non-hydrogen) atoms. The van der Waals surface area contributed by atoms with Crippen LogP contribution in [0.4, 0.5) is 0 Å². The second kappa shape index (κ2) is 8.56. The second-order valence-corrected chi connectivity index (χ2v) is 7.29. The van der Waals surface area contributed by atoms with Crippen LogP contribution in [0.2, 0.25) is 0 Å². The summed E-state index contributed by atoms with van der Waals surface area (Å²) in [5.41, 5.74) is 1.42. The van der Waals surface area contributed by atoms with Crippen molar-refractivity contribution >= 4 is 17.1 Å². The highest BCUT2D eigenvalue weighted by Gasteiger charge is 2.18. The molecule has 0 saturated carbocycles. The molecule has 4 rings (SSSR count). The van der Waals surface area contributed by atoms with Gasteiger partial charge < -0.3 is 19.4 Å². The highest BCUT2D eigenvalue weighted by molar-refractivity contribution is 5.76. The molecule has 1 aliphatic heterocycles. The van der Waals surface area contributed by atoms with Crippen molar-refractivity contribution < 1.29 is 14.3 Å². The summed E-state index contributed by atoms with van der Waals surface area (Å²) in [6.07, 6.45) is 5.54. The van der Waals surface area contributed by atoms with Crippen LogP contribution in [0.1, 0.15) is 30.7 Å². The summed E-state index contributed by atoms with van der Waals surface area (Å²) >= 11 is 0. The summed E-state index contributed by atoms with van der Waals surface area (Å²) in [7, 11) is 3.15. The number of carbonyl (C=O) groups excluding carboxylic acids is 1. The number of benzene rings is 1. The lowest BCUT2D eigenvalue weighted by atomic mass is 10.2. The topological polar surface area (TPSA) is 100 Å². The highest BCUT2D eigenvalue weighted by atomic mass is 16.5. The molecular formula is C21H25N5O4. The molecular weight excluding hydrogens is 386 g/mol. The Balaban J connectivity index is 1.50. The number of nitrogens with zero attached hydrogens (tertiary/aromatic N) is 4. The van der Waals surface area contributed by atoms with Crippen molar-refractivity contribution in [2.24, 2.45) is 0 Å². The van der Waals surface area contributed by atoms with Crippen molar-refractivity contribution in [1.29, 1.82) is 0 Å². The molecule has 0 saturated heterocycles. The Morgan fingerprint density at radius 3 is 2.87 bits per heavy atom. The molecule has 2 aromatic heterocycles. The first kappa shape index (κ1) is 19.9. The minimum Gasteiger partial charge on any atom is -0.497 e. The van der Waals surface area contributed by atoms with Crippen LogP contribution in [0.3, 0.4) is 0 Å². The van der Waals surface area contributed by atoms with Crippen LogP contribution in [0.25, 0.3) is 11.2 Å². The molecule has 1 aliphatic rings. The van der Waals surface area contributed by atoms with Gasteiger partial charge in [-0.25, -0.2) is 9.97 Å². The SMILES string of the molecule is COc1ccc(OC)c(CNC(=O)Cn2cnc3c(nc4n3CCCCC4)c2=O)c1. The summed E-state index contributed by atoms with van der Waals surface area (Å²) in [5.74, 6) is 1.92. The number of hydrogen-bond donors (Lipinski definition) is 1. The van der Waals surface area contributed by atoms with Crippen LogP contribution in [0, 0.1) is 0 Å². The van der Waals surface area contributed by atoms with Gasteiger partial charge in [-0.3, -0.25) is 14.2 Å². The van der Waals surface area contributed by atoms with E-state index in [0.29, 0.717) is 22.7 Å². The van der Waals surface area contributed by atoms with E-state index < -0.39 is 0 Å². The molecule has 3 heterocycles. The van der Waals surface area contributed by atoms with Gasteiger partial charge in [0.05, 0.1) is 14.2 Å². The van der Waals surface area contributed by atoms with Crippen LogP contribution < -0.4 is 20.3 Å². The third kappa shape index (κ3) is 3.87. The largest absolute Gasteiger partial charge is 0.497 e. The second-order valence-electron chi connectivity index (χ2n) is 7.29. The maximum Gasteiger partial charge on any atom is 0.282 e. The molecule has 9 nitrogen and oxygen atoms in total. The summed E-state index contributed by atoms with van der Waals surface area (Å²) in [4.78, 5) is 34.3. The normalized spacial score (nSPS) is 13.5. The van der Waals surface area contributed by atoms with E-state index in [1.165, 1.54) is 10.9 Å². The molecule has 1 N–H and O–H groups in total. The van der Waals surface area contributed by atoms with E-state index in [-0.39, 0.29) is 24.6 Å². The van der Waals surface area contributed by atoms with E-state index in [0.717, 1.165) is 43.6 Å². The Kier molecular flexibility index (Phi) is 5.69. The summed E-state index contributed by atoms with van der Waals surface area (Å²) < 4.78 is 13.9. The smallest absolute Gasteiger partial charge is 0.282 e. The van der Waals surface area contributed by atoms with Gasteiger partial charge in [-0.2, -0.15) is 0 Å². The Labute approximate surface area is 173 Å². The molecule has 9 heteroatoms. The number of nitrogens with one attached hydrogen (secondary N) is 1. The number of hydrogen-bond acceptors (Lipinski definition) is 6. The minimum atomic E-state index is -0.302. The van der Waals surface area contributed by atoms with Crippen molar-refractivity contribution in [3.8, 4) is 11.5 Å². The Hall–Kier alpha value is -3.36. The van der Waals surface area contributed by atoms with Crippen LogP contribution in [0.15, 0.2) is 29.3 Å². The minimum absolute atomic E-state index is 0.129. The lowest BCUT2D eigenvalue weighted by molar-refractivity contribution is -0.121. The number of carbonyl (C=O) groups is 1. The van der Waals surface area contributed by atoms with Crippen molar-refractivity contribution in [3.63, 3.8) is 0 Å². The van der Waals surface area contributed by atoms with Crippen LogP contribution in [0.5, 0.6) is 11.5 Å². The molecule has 1 aromatic carbocycles. The molecule has 1 amide bonds. The number of imidazole rings is 1. The Morgan fingerprint density at radius 1 is 1.20 bits per heavy atom. The maximum atomic E-state index is 12.9. The van der Waals surface area contributed by atoms with Crippen LogP contribution in [-0.2, 0) is 30.8 Å². The lowest BCUT2D eigenvalue weighted by Gasteiger charge is -2.12. The predicted octanol–water partition coefficient (Wildman–Crippen LogP) is 1.65. The van der Waals surface area contributed by atoms with E-state index in [1.54, 1.807) is 32.4 Å². The van der Waals surface area contributed by atoms with Crippen molar-refractivity contribution in [3.05, 3.63) is 46.3 Å². The van der Waals surface area contributed by atoms with Crippen LogP contribution >= 0.6 is 0 Å². The average molecular weight is 411 g/mol. The summed E-state index contributed by atoms with van der Waals surface area (Å²) in [6, 6.07) is 5.37. The number of aryl methyl sites for hydroxylation is 2. The number of aromatic nitrogens is 4. The van der Waals surface area contributed by atoms with Gasteiger partial charge in [0, 0.05) is 25.1 Å². The third-order valence-corrected chi connectivity index (χ3v) is 5.36. The van der Waals surface area contributed by atoms with Gasteiger partial charge in [-0.1, -0.05) is 6.42 Å². The monoisotopic (exact) mass is 411 g/mol. The van der Waals surface area contributed by atoms with Crippen molar-refractivity contribution in [2.45, 2.75) is 45.3 Å². The van der Waals surface area contributed by atoms with Gasteiger partial charge in [0.15, 0.2) is 11.2 Å². The van der Waals surface area contributed by atoms with Crippen LogP contribution in [-0.4, -0.2) is 39.2 Å². The molecule has 0 aliphatic carbocycles. The Bertz CT molecular complexity index is 1130. The van der Waals surface area contributed by atoms with E-state index in [2.05, 4.69) is 15.3 Å². The number of amides is 1. The number of methoxy groups -OCH3 is 2. The van der Waals surface area contributed by atoms with Gasteiger partial charge in [0.1, 0.15) is 30.2 Å². The molecule has 0 unspecified atom stereocenters. The van der Waals surface area contributed by atoms with E-state index in [1.807, 2.05) is 4.57 Å². The quantitative estimate of drug-likeness (QED) is 0.662. The van der Waals surface area contributed by atoms with Crippen molar-refractivity contribution in [2.75, 3.05) is 14.2 Å². The van der Waals surface area contributed by atoms with Gasteiger partial charge >= 0.3 is 0 Å². The fourth-order valence-electron chi connectivity index (χ4n) is 3.77. The first-order valence-corrected chi connectivity index (χ1v) is 10.0. The number of ether oxygens (including phenoxy) is 2. The standard InChI is InChI=1S/C21H25N5O4/c1-29-15-7-8-16(30-2)14(10-15)11-22-18(27)12-25-13-23-20-19(21(25)28)24-17-6-4-3-5-9-26(17)20/h7-8,10,13H,3-6,9,11-12H2,1-2H3,(H,22,27). The van der Waals surface area contributed by atoms with Gasteiger partial charge in [0.25, 0.3) is 5.56 Å². The zero-order valence-electron chi connectivity index (χ0n) is 17.2. The molecule has 158 valence electrons. The van der Waals surface area contributed by atoms with Gasteiger partial charge in [-0.15, -0.1) is 0 Å². The molecule has 0 radical (unpaired) electrons. The first-order chi connectivity index (χ1) is 14.6. The molecule has 3 aromatic rings. The zero-order valence-corrected chi connectivity index (χ0v) is 17.2. The number of rotatable bonds is 6. The zero-order chi connectivity index (χ0) is 21.1. The predicted molar refractivity (Wildman–Crippen MR) is 111 cm³/mol. The molecule has 0 fully saturated rings. The van der Waals surface area contributed by atoms with Gasteiger partial charge in [-0.05, 0) is 31.0 Å². The van der Waals surface area contributed by atoms with Crippen molar-refractivity contribution in [1.82, 2.24) is 24.4 Å². The van der Waals surface area contributed by atoms with E-state index >= 15 is 0 Å². The fourth-order valence-corrected chi connectivity index (χ4v) is 3.77. The van der Waals surface area contributed by atoms with E-state index in [4.69, 9.17) is 9.47 Å². The lowest BCUT2D eigenvalue weighted by Crippen LogP contribution is -2.32. The maximum absolute atomic E-state index is 12.9. The molecule has 0 spiro atoms. The number of fused-ring (bicyclic) bond motifs is 3. The summed E-state index contributed by atoms with van der Waals surface area (Å²) in [6.45, 7) is 0.948. The van der Waals surface area contributed by atoms with Gasteiger partial charge in [0.2, 0.25) is 5.91 Å². The molecule has 0 bridgehead atoms. The Morgan fingerprint density at radius 2 is 2.07 bits per heavy atom. The first-order valence-electron chi connectivity index (χ1n) is 10.0.